The van der Waals surface area contributed by atoms with Gasteiger partial charge in [0, 0.05) is 0 Å². The number of hydrogen-bond acceptors (Lipinski definition) is 0. The highest BCUT2D eigenvalue weighted by Crippen LogP contribution is 2.64. The fraction of sp³-hybridized carbons (Fsp3) is 0.0103. The molecule has 0 N–H and O–H groups in total. The van der Waals surface area contributed by atoms with Crippen LogP contribution < -0.4 is 0 Å². The molecule has 0 bridgehead atoms. The summed E-state index contributed by atoms with van der Waals surface area (Å²) >= 11 is 0. The number of benzene rings is 15. The molecule has 0 spiro atoms. The van der Waals surface area contributed by atoms with Gasteiger partial charge >= 0.3 is 0 Å². The monoisotopic (exact) mass is 1230 g/mol. The summed E-state index contributed by atoms with van der Waals surface area (Å²) in [5, 5.41) is 7.78. The van der Waals surface area contributed by atoms with Gasteiger partial charge in [0.05, 0.1) is 0 Å². The van der Waals surface area contributed by atoms with Crippen molar-refractivity contribution < 1.29 is 0 Å². The minimum absolute atomic E-state index is 0. The zero-order valence-corrected chi connectivity index (χ0v) is 52.8. The van der Waals surface area contributed by atoms with Crippen molar-refractivity contribution in [1.29, 1.82) is 0 Å². The average Bonchev–Trinajstić information content (AvgIpc) is 1.54. The molecule has 0 atom stereocenters. The fourth-order valence-corrected chi connectivity index (χ4v) is 15.8. The molecule has 454 valence electrons. The molecule has 19 rings (SSSR count). The highest BCUT2D eigenvalue weighted by molar-refractivity contribution is 6.41. The summed E-state index contributed by atoms with van der Waals surface area (Å²) in [6.45, 7) is 0. The van der Waals surface area contributed by atoms with Crippen LogP contribution in [0, 0.1) is 0 Å². The summed E-state index contributed by atoms with van der Waals surface area (Å²) < 4.78 is 0. The Morgan fingerprint density at radius 3 is 0.526 bits per heavy atom. The number of rotatable bonds is 10. The first-order chi connectivity index (χ1) is 47.7. The van der Waals surface area contributed by atoms with Crippen molar-refractivity contribution in [2.45, 2.75) is 7.43 Å². The molecule has 0 unspecified atom stereocenters. The normalized spacial score (nSPS) is 13.6. The van der Waals surface area contributed by atoms with E-state index in [2.05, 4.69) is 376 Å². The molecular weight excluding hydrogens is 1170 g/mol. The van der Waals surface area contributed by atoms with E-state index in [0.717, 1.165) is 0 Å². The molecule has 0 radical (unpaired) electrons. The Morgan fingerprint density at radius 1 is 0.103 bits per heavy atom. The molecule has 0 heterocycles. The lowest BCUT2D eigenvalue weighted by Crippen LogP contribution is -1.97. The van der Waals surface area contributed by atoms with Gasteiger partial charge < -0.3 is 0 Å². The molecule has 0 fully saturated rings. The molecule has 0 aliphatic heterocycles. The quantitative estimate of drug-likeness (QED) is 0.120. The van der Waals surface area contributed by atoms with Gasteiger partial charge in [-0.05, 0) is 212 Å². The highest BCUT2D eigenvalue weighted by Gasteiger charge is 2.43. The van der Waals surface area contributed by atoms with Crippen molar-refractivity contribution in [3.8, 4) is 22.3 Å². The predicted octanol–water partition coefficient (Wildman–Crippen LogP) is 25.5. The largest absolute Gasteiger partial charge is 0.0776 e. The lowest BCUT2D eigenvalue weighted by atomic mass is 9.84. The Balaban J connectivity index is 0.000000145. The fourth-order valence-electron chi connectivity index (χ4n) is 15.8. The molecule has 0 saturated carbocycles. The molecule has 0 amide bonds. The second kappa shape index (κ2) is 24.8. The van der Waals surface area contributed by atoms with Gasteiger partial charge in [0.15, 0.2) is 0 Å². The van der Waals surface area contributed by atoms with Gasteiger partial charge in [-0.15, -0.1) is 0 Å². The van der Waals surface area contributed by atoms with Crippen LogP contribution in [0.25, 0.3) is 110 Å². The minimum Gasteiger partial charge on any atom is -0.0776 e. The van der Waals surface area contributed by atoms with Crippen LogP contribution in [0.2, 0.25) is 0 Å². The van der Waals surface area contributed by atoms with E-state index in [1.807, 2.05) is 0 Å². The van der Waals surface area contributed by atoms with Crippen LogP contribution in [0.3, 0.4) is 0 Å². The van der Waals surface area contributed by atoms with Crippen LogP contribution in [-0.2, 0) is 0 Å². The highest BCUT2D eigenvalue weighted by atomic mass is 14.4. The van der Waals surface area contributed by atoms with E-state index in [4.69, 9.17) is 0 Å². The number of fused-ring (bicyclic) bond motifs is 12. The van der Waals surface area contributed by atoms with Crippen LogP contribution in [0.1, 0.15) is 74.2 Å². The van der Waals surface area contributed by atoms with Gasteiger partial charge in [0.1, 0.15) is 0 Å². The molecule has 0 saturated heterocycles. The molecule has 0 heteroatoms. The van der Waals surface area contributed by atoms with E-state index in [0.29, 0.717) is 0 Å². The molecule has 0 nitrogen and oxygen atoms in total. The van der Waals surface area contributed by atoms with Gasteiger partial charge in [-0.1, -0.05) is 359 Å². The van der Waals surface area contributed by atoms with Crippen molar-refractivity contribution in [1.82, 2.24) is 0 Å². The predicted molar refractivity (Wildman–Crippen MR) is 414 cm³/mol. The van der Waals surface area contributed by atoms with E-state index >= 15 is 0 Å². The van der Waals surface area contributed by atoms with E-state index in [1.54, 1.807) is 0 Å². The molecule has 15 aromatic carbocycles. The summed E-state index contributed by atoms with van der Waals surface area (Å²) in [5.41, 5.74) is 35.5. The van der Waals surface area contributed by atoms with Crippen molar-refractivity contribution in [3.05, 3.63) is 454 Å². The van der Waals surface area contributed by atoms with Crippen molar-refractivity contribution in [3.63, 3.8) is 0 Å². The van der Waals surface area contributed by atoms with Gasteiger partial charge in [-0.25, -0.2) is 0 Å². The van der Waals surface area contributed by atoms with Gasteiger partial charge in [0.2, 0.25) is 0 Å². The van der Waals surface area contributed by atoms with E-state index in [9.17, 15) is 0 Å². The maximum atomic E-state index is 2.50. The summed E-state index contributed by atoms with van der Waals surface area (Å²) in [6, 6.07) is 137. The lowest BCUT2D eigenvalue weighted by Gasteiger charge is -2.19. The minimum atomic E-state index is 0. The lowest BCUT2D eigenvalue weighted by molar-refractivity contribution is 1.51. The molecule has 15 aromatic rings. The first-order valence-corrected chi connectivity index (χ1v) is 33.3. The molecule has 97 heavy (non-hydrogen) atoms. The summed E-state index contributed by atoms with van der Waals surface area (Å²) in [5.74, 6) is 0. The van der Waals surface area contributed by atoms with Crippen molar-refractivity contribution in [2.75, 3.05) is 0 Å². The Labute approximate surface area is 568 Å². The second-order valence-electron chi connectivity index (χ2n) is 25.1. The maximum Gasteiger partial charge on any atom is -0.000137 e. The first kappa shape index (κ1) is 58.3. The standard InChI is InChI=1S/C48H30.C48H32.CH4/c1-5-17-31(18-6-1)43-41-29-39-37-27-15-13-25-35(37)36-26-14-16-28-38(36)40(39)30-42(41)47-45(33-21-9-3-10-22-33)44(32-19-7-2-8-20-32)46(48(43)47)34-23-11-4-12-24-34;1-7-19-33(20-8-1)39-31-41-42(32-40(39)34-21-9-2-10-22-34)47-45(37-27-15-5-16-28-37)44(36-25-13-4-14-26-36)46(38-29-17-6-18-30-38)48(47)43(41)35-23-11-3-12-24-35;/h1-30H;1-32H;1H4. The third-order valence-electron chi connectivity index (χ3n) is 19.8. The van der Waals surface area contributed by atoms with E-state index in [-0.39, 0.29) is 7.43 Å². The van der Waals surface area contributed by atoms with Crippen LogP contribution in [-0.4, -0.2) is 0 Å². The Morgan fingerprint density at radius 2 is 0.268 bits per heavy atom. The van der Waals surface area contributed by atoms with Crippen molar-refractivity contribution >= 4 is 88.0 Å². The smallest absolute Gasteiger partial charge is 0.000137 e. The third-order valence-corrected chi connectivity index (χ3v) is 19.8. The molecular formula is C97H66. The van der Waals surface area contributed by atoms with Crippen LogP contribution in [0.4, 0.5) is 0 Å². The summed E-state index contributed by atoms with van der Waals surface area (Å²) in [7, 11) is 0. The SMILES string of the molecule is C.c1ccc(C2=C(c3ccccc3)C(c3ccccc3)=C3C2=C(c2ccccc2)c2cc(-c4ccccc4)c(-c4ccccc4)cc23)cc1.c1ccc(C2=C(c3ccccc3)C(c3ccccc3)=C3C2=C(c2ccccc2)c2cc4c5ccccc5c5ccccc5c4cc23)cc1. The zero-order valence-electron chi connectivity index (χ0n) is 52.8. The molecule has 4 aliphatic carbocycles. The maximum absolute atomic E-state index is 2.50. The van der Waals surface area contributed by atoms with Gasteiger partial charge in [-0.2, -0.15) is 0 Å². The van der Waals surface area contributed by atoms with E-state index in [1.165, 1.54) is 188 Å². The Hall–Kier alpha value is -12.5. The average molecular weight is 1230 g/mol. The summed E-state index contributed by atoms with van der Waals surface area (Å²) in [4.78, 5) is 0. The Bertz CT molecular complexity index is 5740. The number of allylic oxidation sites excluding steroid dienone is 10. The first-order valence-electron chi connectivity index (χ1n) is 33.3. The molecule has 0 aromatic heterocycles. The van der Waals surface area contributed by atoms with E-state index < -0.39 is 0 Å². The number of hydrogen-bond donors (Lipinski definition) is 0. The third kappa shape index (κ3) is 9.84. The second-order valence-corrected chi connectivity index (χ2v) is 25.1. The molecule has 4 aliphatic rings. The topological polar surface area (TPSA) is 0 Å². The van der Waals surface area contributed by atoms with Gasteiger partial charge in [0.25, 0.3) is 0 Å². The zero-order chi connectivity index (χ0) is 63.5. The Kier molecular flexibility index (Phi) is 14.9. The van der Waals surface area contributed by atoms with Gasteiger partial charge in [-0.3, -0.25) is 0 Å². The summed E-state index contributed by atoms with van der Waals surface area (Å²) in [6.07, 6.45) is 0. The van der Waals surface area contributed by atoms with Crippen LogP contribution >= 0.6 is 0 Å². The van der Waals surface area contributed by atoms with Crippen LogP contribution in [0.15, 0.2) is 387 Å². The van der Waals surface area contributed by atoms with Crippen molar-refractivity contribution in [2.24, 2.45) is 0 Å². The van der Waals surface area contributed by atoms with Crippen LogP contribution in [0.5, 0.6) is 0 Å².